The Balaban J connectivity index is 1.57. The van der Waals surface area contributed by atoms with E-state index in [1.165, 1.54) is 11.3 Å². The van der Waals surface area contributed by atoms with Crippen LogP contribution in [0.4, 0.5) is 5.13 Å². The number of fused-ring (bicyclic) bond motifs is 1. The predicted molar refractivity (Wildman–Crippen MR) is 95.1 cm³/mol. The van der Waals surface area contributed by atoms with E-state index in [0.717, 1.165) is 29.7 Å². The second kappa shape index (κ2) is 6.96. The van der Waals surface area contributed by atoms with Crippen LogP contribution in [-0.4, -0.2) is 32.0 Å². The first kappa shape index (κ1) is 16.4. The second-order valence-corrected chi connectivity index (χ2v) is 6.74. The first-order valence-electron chi connectivity index (χ1n) is 7.85. The Morgan fingerprint density at radius 3 is 2.96 bits per heavy atom. The second-order valence-electron chi connectivity index (χ2n) is 5.85. The summed E-state index contributed by atoms with van der Waals surface area (Å²) in [4.78, 5) is 25.1. The number of imidazole rings is 1. The topological polar surface area (TPSA) is 98.7 Å². The lowest BCUT2D eigenvalue weighted by Gasteiger charge is -2.07. The van der Waals surface area contributed by atoms with Crippen molar-refractivity contribution >= 4 is 33.5 Å². The number of hydrogen-bond donors (Lipinski definition) is 2. The van der Waals surface area contributed by atoms with Gasteiger partial charge in [-0.2, -0.15) is 0 Å². The van der Waals surface area contributed by atoms with Gasteiger partial charge in [-0.1, -0.05) is 0 Å². The molecule has 3 aromatic heterocycles. The Bertz CT molecular complexity index is 853. The molecule has 7 nitrogen and oxygen atoms in total. The largest absolute Gasteiger partial charge is 0.375 e. The Hall–Kier alpha value is -2.48. The number of hydrogen-bond acceptors (Lipinski definition) is 6. The minimum absolute atomic E-state index is 0.138. The van der Waals surface area contributed by atoms with Crippen LogP contribution in [0.3, 0.4) is 0 Å². The third-order valence-corrected chi connectivity index (χ3v) is 4.42. The van der Waals surface area contributed by atoms with E-state index < -0.39 is 0 Å². The van der Waals surface area contributed by atoms with Crippen LogP contribution in [0.25, 0.3) is 11.2 Å². The molecule has 3 heterocycles. The smallest absolute Gasteiger partial charge is 0.252 e. The average molecular weight is 344 g/mol. The lowest BCUT2D eigenvalue weighted by molar-refractivity contribution is 0.0953. The van der Waals surface area contributed by atoms with Crippen LogP contribution < -0.4 is 11.1 Å². The van der Waals surface area contributed by atoms with Crippen molar-refractivity contribution in [3.63, 3.8) is 0 Å². The molecule has 0 saturated carbocycles. The number of carbonyl (C=O) groups excluding carboxylic acids is 1. The summed E-state index contributed by atoms with van der Waals surface area (Å²) in [6, 6.07) is 2.06. The Morgan fingerprint density at radius 2 is 2.25 bits per heavy atom. The summed E-state index contributed by atoms with van der Waals surface area (Å²) in [5.74, 6) is -0.138. The van der Waals surface area contributed by atoms with Gasteiger partial charge in [-0.15, -0.1) is 11.3 Å². The number of nitrogens with one attached hydrogen (secondary N) is 1. The molecule has 24 heavy (non-hydrogen) atoms. The van der Waals surface area contributed by atoms with Crippen molar-refractivity contribution in [2.45, 2.75) is 32.7 Å². The molecule has 0 unspecified atom stereocenters. The summed E-state index contributed by atoms with van der Waals surface area (Å²) in [6.07, 6.45) is 4.96. The standard InChI is InChI=1S/C16H20N6OS/c1-10(2)22-9-20-13-6-11(7-19-14(13)22)15(23)18-5-3-4-12-8-24-16(17)21-12/h6-10H,3-5H2,1-2H3,(H2,17,21)(H,18,23). The molecule has 0 radical (unpaired) electrons. The maximum absolute atomic E-state index is 12.2. The molecule has 1 amide bonds. The van der Waals surface area contributed by atoms with E-state index in [4.69, 9.17) is 5.73 Å². The summed E-state index contributed by atoms with van der Waals surface area (Å²) in [6.45, 7) is 4.72. The van der Waals surface area contributed by atoms with Crippen molar-refractivity contribution in [1.29, 1.82) is 0 Å². The van der Waals surface area contributed by atoms with Gasteiger partial charge in [0.05, 0.1) is 17.6 Å². The van der Waals surface area contributed by atoms with E-state index in [0.29, 0.717) is 17.2 Å². The third-order valence-electron chi connectivity index (χ3n) is 3.70. The predicted octanol–water partition coefficient (Wildman–Crippen LogP) is 2.41. The van der Waals surface area contributed by atoms with Crippen molar-refractivity contribution in [3.05, 3.63) is 35.2 Å². The van der Waals surface area contributed by atoms with Crippen molar-refractivity contribution in [2.24, 2.45) is 0 Å². The van der Waals surface area contributed by atoms with Crippen LogP contribution in [0.15, 0.2) is 24.0 Å². The molecule has 0 fully saturated rings. The minimum atomic E-state index is -0.138. The zero-order valence-corrected chi connectivity index (χ0v) is 14.5. The maximum Gasteiger partial charge on any atom is 0.252 e. The molecule has 3 rings (SSSR count). The first-order chi connectivity index (χ1) is 11.5. The maximum atomic E-state index is 12.2. The van der Waals surface area contributed by atoms with E-state index in [2.05, 4.69) is 34.1 Å². The van der Waals surface area contributed by atoms with E-state index in [1.807, 2.05) is 9.95 Å². The van der Waals surface area contributed by atoms with E-state index in [-0.39, 0.29) is 11.9 Å². The molecular formula is C16H20N6OS. The van der Waals surface area contributed by atoms with Crippen LogP contribution in [0.5, 0.6) is 0 Å². The fourth-order valence-corrected chi connectivity index (χ4v) is 3.03. The number of aryl methyl sites for hydroxylation is 1. The van der Waals surface area contributed by atoms with Crippen molar-refractivity contribution in [2.75, 3.05) is 12.3 Å². The molecule has 3 aromatic rings. The first-order valence-corrected chi connectivity index (χ1v) is 8.73. The Labute approximate surface area is 143 Å². The lowest BCUT2D eigenvalue weighted by atomic mass is 10.2. The van der Waals surface area contributed by atoms with E-state index in [1.54, 1.807) is 18.6 Å². The highest BCUT2D eigenvalue weighted by atomic mass is 32.1. The molecule has 0 aliphatic carbocycles. The molecule has 0 aliphatic heterocycles. The van der Waals surface area contributed by atoms with E-state index in [9.17, 15) is 4.79 Å². The van der Waals surface area contributed by atoms with Gasteiger partial charge in [0.2, 0.25) is 0 Å². The number of aromatic nitrogens is 4. The van der Waals surface area contributed by atoms with Crippen LogP contribution in [0, 0.1) is 0 Å². The SMILES string of the molecule is CC(C)n1cnc2cc(C(=O)NCCCc3csc(N)n3)cnc21. The van der Waals surface area contributed by atoms with Gasteiger partial charge in [-0.25, -0.2) is 15.0 Å². The van der Waals surface area contributed by atoms with Gasteiger partial charge in [0, 0.05) is 24.2 Å². The van der Waals surface area contributed by atoms with Crippen molar-refractivity contribution in [1.82, 2.24) is 24.8 Å². The highest BCUT2D eigenvalue weighted by Crippen LogP contribution is 2.16. The molecule has 0 aliphatic rings. The molecule has 0 spiro atoms. The van der Waals surface area contributed by atoms with Crippen LogP contribution >= 0.6 is 11.3 Å². The summed E-state index contributed by atoms with van der Waals surface area (Å²) < 4.78 is 1.98. The highest BCUT2D eigenvalue weighted by Gasteiger charge is 2.11. The van der Waals surface area contributed by atoms with Gasteiger partial charge in [0.25, 0.3) is 5.91 Å². The fraction of sp³-hybridized carbons (Fsp3) is 0.375. The highest BCUT2D eigenvalue weighted by molar-refractivity contribution is 7.13. The normalized spacial score (nSPS) is 11.3. The Morgan fingerprint density at radius 1 is 1.42 bits per heavy atom. The zero-order valence-electron chi connectivity index (χ0n) is 13.7. The van der Waals surface area contributed by atoms with Gasteiger partial charge in [-0.3, -0.25) is 4.79 Å². The van der Waals surface area contributed by atoms with Crippen LogP contribution in [0.2, 0.25) is 0 Å². The van der Waals surface area contributed by atoms with Crippen molar-refractivity contribution < 1.29 is 4.79 Å². The lowest BCUT2D eigenvalue weighted by Crippen LogP contribution is -2.25. The minimum Gasteiger partial charge on any atom is -0.375 e. The van der Waals surface area contributed by atoms with Gasteiger partial charge < -0.3 is 15.6 Å². The number of amides is 1. The van der Waals surface area contributed by atoms with Crippen LogP contribution in [0.1, 0.15) is 42.4 Å². The number of anilines is 1. The van der Waals surface area contributed by atoms with Gasteiger partial charge in [-0.05, 0) is 32.8 Å². The van der Waals surface area contributed by atoms with E-state index >= 15 is 0 Å². The zero-order chi connectivity index (χ0) is 17.1. The molecule has 3 N–H and O–H groups in total. The number of thiazole rings is 1. The number of nitrogens with zero attached hydrogens (tertiary/aromatic N) is 4. The number of rotatable bonds is 6. The summed E-state index contributed by atoms with van der Waals surface area (Å²) >= 11 is 1.43. The summed E-state index contributed by atoms with van der Waals surface area (Å²) in [5.41, 5.74) is 8.61. The fourth-order valence-electron chi connectivity index (χ4n) is 2.43. The Kier molecular flexibility index (Phi) is 4.75. The van der Waals surface area contributed by atoms with Gasteiger partial charge in [0.15, 0.2) is 10.8 Å². The molecule has 0 atom stereocenters. The third kappa shape index (κ3) is 3.53. The van der Waals surface area contributed by atoms with Gasteiger partial charge >= 0.3 is 0 Å². The molecular weight excluding hydrogens is 324 g/mol. The summed E-state index contributed by atoms with van der Waals surface area (Å²) in [5, 5.41) is 5.42. The number of carbonyl (C=O) groups is 1. The summed E-state index contributed by atoms with van der Waals surface area (Å²) in [7, 11) is 0. The number of nitrogen functional groups attached to an aromatic ring is 1. The monoisotopic (exact) mass is 344 g/mol. The van der Waals surface area contributed by atoms with Crippen LogP contribution in [-0.2, 0) is 6.42 Å². The van der Waals surface area contributed by atoms with Gasteiger partial charge in [0.1, 0.15) is 5.52 Å². The molecule has 0 aromatic carbocycles. The number of nitrogens with two attached hydrogens (primary N) is 1. The number of pyridine rings is 1. The molecule has 126 valence electrons. The quantitative estimate of drug-likeness (QED) is 0.669. The van der Waals surface area contributed by atoms with Crippen molar-refractivity contribution in [3.8, 4) is 0 Å². The molecule has 0 saturated heterocycles. The molecule has 8 heteroatoms. The molecule has 0 bridgehead atoms. The average Bonchev–Trinajstić information content (AvgIpc) is 3.16.